The van der Waals surface area contributed by atoms with Gasteiger partial charge in [0.2, 0.25) is 0 Å². The van der Waals surface area contributed by atoms with Gasteiger partial charge in [0.25, 0.3) is 0 Å². The fraction of sp³-hybridized carbons (Fsp3) is 0. The monoisotopic (exact) mass is 619 g/mol. The first-order valence-corrected chi connectivity index (χ1v) is 17.0. The third-order valence-electron chi connectivity index (χ3n) is 10.7. The maximum atomic E-state index is 2.43. The van der Waals surface area contributed by atoms with Crippen LogP contribution in [0.2, 0.25) is 0 Å². The molecule has 10 aromatic rings. The molecule has 1 aromatic heterocycles. The van der Waals surface area contributed by atoms with E-state index >= 15 is 0 Å². The molecule has 11 rings (SSSR count). The van der Waals surface area contributed by atoms with E-state index in [1.54, 1.807) is 0 Å². The number of hydrogen-bond donors (Lipinski definition) is 0. The van der Waals surface area contributed by atoms with Crippen LogP contribution in [0.25, 0.3) is 104 Å². The first-order valence-electron chi connectivity index (χ1n) is 17.0. The number of rotatable bonds is 2. The quantitative estimate of drug-likeness (QED) is 0.170. The first-order chi connectivity index (χ1) is 24.3. The molecule has 1 heterocycles. The fourth-order valence-electron chi connectivity index (χ4n) is 8.66. The van der Waals surface area contributed by atoms with Gasteiger partial charge < -0.3 is 4.57 Å². The summed E-state index contributed by atoms with van der Waals surface area (Å²) in [4.78, 5) is 0. The van der Waals surface area contributed by atoms with E-state index < -0.39 is 0 Å². The number of aromatic nitrogens is 1. The molecule has 1 aliphatic carbocycles. The fourth-order valence-corrected chi connectivity index (χ4v) is 8.66. The Bertz CT molecular complexity index is 2990. The molecule has 0 spiro atoms. The summed E-state index contributed by atoms with van der Waals surface area (Å²) in [7, 11) is 0. The molecule has 0 saturated heterocycles. The summed E-state index contributed by atoms with van der Waals surface area (Å²) in [5, 5.41) is 10.2. The van der Waals surface area contributed by atoms with E-state index in [1.165, 1.54) is 104 Å². The number of hydrogen-bond acceptors (Lipinski definition) is 0. The Morgan fingerprint density at radius 2 is 0.878 bits per heavy atom. The lowest BCUT2D eigenvalue weighted by Gasteiger charge is -2.19. The van der Waals surface area contributed by atoms with Crippen LogP contribution in [0, 0.1) is 0 Å². The standard InChI is InChI=1S/C48H29N/c1-2-13-31-28-33(26-24-30(31)12-1)49-44-23-10-9-17-37(44)43-29-32(25-27-45(43)49)46-40-19-7-8-20-41(40)47-38-18-6-5-16-35(38)34-14-3-4-15-36(34)39-21-11-22-42(46)48(39)47/h1-29H. The topological polar surface area (TPSA) is 4.93 Å². The Labute approximate surface area is 283 Å². The van der Waals surface area contributed by atoms with Gasteiger partial charge in [-0.15, -0.1) is 0 Å². The van der Waals surface area contributed by atoms with Gasteiger partial charge in [-0.3, -0.25) is 0 Å². The minimum Gasteiger partial charge on any atom is -0.309 e. The van der Waals surface area contributed by atoms with Gasteiger partial charge >= 0.3 is 0 Å². The van der Waals surface area contributed by atoms with Gasteiger partial charge in [-0.2, -0.15) is 0 Å². The Morgan fingerprint density at radius 1 is 0.306 bits per heavy atom. The molecule has 0 saturated carbocycles. The molecular formula is C48H29N. The molecule has 0 amide bonds. The molecule has 0 radical (unpaired) electrons. The highest BCUT2D eigenvalue weighted by Crippen LogP contribution is 2.53. The third kappa shape index (κ3) is 3.70. The van der Waals surface area contributed by atoms with Crippen molar-refractivity contribution in [3.63, 3.8) is 0 Å². The Balaban J connectivity index is 1.25. The normalized spacial score (nSPS) is 12.1. The minimum absolute atomic E-state index is 1.18. The van der Waals surface area contributed by atoms with Gasteiger partial charge in [-0.25, -0.2) is 0 Å². The van der Waals surface area contributed by atoms with Gasteiger partial charge in [0.1, 0.15) is 0 Å². The lowest BCUT2D eigenvalue weighted by atomic mass is 9.84. The zero-order chi connectivity index (χ0) is 32.1. The van der Waals surface area contributed by atoms with Gasteiger partial charge in [0.05, 0.1) is 11.0 Å². The second-order valence-electron chi connectivity index (χ2n) is 13.2. The lowest BCUT2D eigenvalue weighted by molar-refractivity contribution is 1.19. The van der Waals surface area contributed by atoms with Crippen LogP contribution < -0.4 is 0 Å². The van der Waals surface area contributed by atoms with Crippen LogP contribution in [0.1, 0.15) is 0 Å². The molecule has 49 heavy (non-hydrogen) atoms. The second-order valence-corrected chi connectivity index (χ2v) is 13.2. The molecule has 0 aliphatic heterocycles. The van der Waals surface area contributed by atoms with Crippen molar-refractivity contribution in [3.8, 4) is 50.2 Å². The van der Waals surface area contributed by atoms with Crippen molar-refractivity contribution in [1.29, 1.82) is 0 Å². The molecule has 0 unspecified atom stereocenters. The average Bonchev–Trinajstić information content (AvgIpc) is 3.43. The summed E-state index contributed by atoms with van der Waals surface area (Å²) in [5.74, 6) is 0. The van der Waals surface area contributed by atoms with Crippen LogP contribution in [-0.2, 0) is 0 Å². The van der Waals surface area contributed by atoms with Gasteiger partial charge in [0, 0.05) is 16.5 Å². The van der Waals surface area contributed by atoms with Crippen molar-refractivity contribution >= 4 is 54.1 Å². The first kappa shape index (κ1) is 26.6. The number of benzene rings is 9. The smallest absolute Gasteiger partial charge is 0.0541 e. The predicted octanol–water partition coefficient (Wildman–Crippen LogP) is 13.2. The van der Waals surface area contributed by atoms with Crippen LogP contribution >= 0.6 is 0 Å². The summed E-state index contributed by atoms with van der Waals surface area (Å²) in [6.45, 7) is 0. The number of para-hydroxylation sites is 1. The molecule has 9 aromatic carbocycles. The van der Waals surface area contributed by atoms with E-state index in [0.717, 1.165) is 0 Å². The number of nitrogens with zero attached hydrogens (tertiary/aromatic N) is 1. The third-order valence-corrected chi connectivity index (χ3v) is 10.7. The number of fused-ring (bicyclic) bond motifs is 11. The van der Waals surface area contributed by atoms with E-state index in [-0.39, 0.29) is 0 Å². The summed E-state index contributed by atoms with van der Waals surface area (Å²) in [6.07, 6.45) is 0. The van der Waals surface area contributed by atoms with Crippen molar-refractivity contribution in [2.75, 3.05) is 0 Å². The summed E-state index contributed by atoms with van der Waals surface area (Å²) >= 11 is 0. The minimum atomic E-state index is 1.18. The van der Waals surface area contributed by atoms with E-state index in [1.807, 2.05) is 0 Å². The maximum Gasteiger partial charge on any atom is 0.0541 e. The van der Waals surface area contributed by atoms with Gasteiger partial charge in [0.15, 0.2) is 0 Å². The highest BCUT2D eigenvalue weighted by atomic mass is 15.0. The van der Waals surface area contributed by atoms with Crippen molar-refractivity contribution in [2.24, 2.45) is 0 Å². The van der Waals surface area contributed by atoms with Crippen LogP contribution in [-0.4, -0.2) is 4.57 Å². The molecule has 0 bridgehead atoms. The molecule has 1 nitrogen and oxygen atoms in total. The van der Waals surface area contributed by atoms with Crippen molar-refractivity contribution < 1.29 is 0 Å². The summed E-state index contributed by atoms with van der Waals surface area (Å²) in [6, 6.07) is 65.1. The van der Waals surface area contributed by atoms with E-state index in [9.17, 15) is 0 Å². The molecular weight excluding hydrogens is 591 g/mol. The zero-order valence-electron chi connectivity index (χ0n) is 26.7. The lowest BCUT2D eigenvalue weighted by Crippen LogP contribution is -1.94. The van der Waals surface area contributed by atoms with Crippen LogP contribution in [0.5, 0.6) is 0 Å². The highest BCUT2D eigenvalue weighted by molar-refractivity contribution is 6.27. The predicted molar refractivity (Wildman–Crippen MR) is 209 cm³/mol. The van der Waals surface area contributed by atoms with Crippen LogP contribution in [0.3, 0.4) is 0 Å². The maximum absolute atomic E-state index is 2.43. The zero-order valence-corrected chi connectivity index (χ0v) is 26.7. The van der Waals surface area contributed by atoms with Crippen molar-refractivity contribution in [2.45, 2.75) is 0 Å². The van der Waals surface area contributed by atoms with E-state index in [2.05, 4.69) is 180 Å². The Hall–Kier alpha value is -6.44. The molecule has 0 N–H and O–H groups in total. The molecule has 0 atom stereocenters. The van der Waals surface area contributed by atoms with Gasteiger partial charge in [-0.05, 0) is 107 Å². The van der Waals surface area contributed by atoms with Crippen molar-refractivity contribution in [1.82, 2.24) is 4.57 Å². The second kappa shape index (κ2) is 10.0. The highest BCUT2D eigenvalue weighted by Gasteiger charge is 2.25. The summed E-state index contributed by atoms with van der Waals surface area (Å²) in [5.41, 5.74) is 13.9. The largest absolute Gasteiger partial charge is 0.309 e. The van der Waals surface area contributed by atoms with E-state index in [0.29, 0.717) is 0 Å². The molecule has 1 heteroatoms. The molecule has 226 valence electrons. The van der Waals surface area contributed by atoms with Crippen LogP contribution in [0.4, 0.5) is 0 Å². The summed E-state index contributed by atoms with van der Waals surface area (Å²) < 4.78 is 2.43. The van der Waals surface area contributed by atoms with Crippen LogP contribution in [0.15, 0.2) is 176 Å². The molecule has 1 aliphatic rings. The average molecular weight is 620 g/mol. The van der Waals surface area contributed by atoms with Crippen molar-refractivity contribution in [3.05, 3.63) is 176 Å². The van der Waals surface area contributed by atoms with Gasteiger partial charge in [-0.1, -0.05) is 146 Å². The van der Waals surface area contributed by atoms with E-state index in [4.69, 9.17) is 0 Å². The molecule has 0 fully saturated rings. The Kier molecular flexibility index (Phi) is 5.45. The Morgan fingerprint density at radius 3 is 1.69 bits per heavy atom. The SMILES string of the molecule is c1ccc2c(c1)-c1ccccc1-c1c3ccccc3c(-c3ccc4c(c3)c3ccccc3n4-c3ccc4ccccc4c3)c3cccc-2c13.